The average molecular weight is 546 g/mol. The van der Waals surface area contributed by atoms with Gasteiger partial charge in [0, 0.05) is 32.0 Å². The molecular formula is C29H39NO7S. The molecule has 2 atom stereocenters. The van der Waals surface area contributed by atoms with Crippen LogP contribution in [-0.2, 0) is 25.8 Å². The van der Waals surface area contributed by atoms with Crippen molar-refractivity contribution in [2.45, 2.75) is 43.3 Å². The van der Waals surface area contributed by atoms with Gasteiger partial charge in [-0.05, 0) is 62.2 Å². The van der Waals surface area contributed by atoms with Gasteiger partial charge in [0.05, 0.1) is 25.2 Å². The summed E-state index contributed by atoms with van der Waals surface area (Å²) in [6.45, 7) is 10.0. The molecule has 1 heterocycles. The van der Waals surface area contributed by atoms with Crippen LogP contribution in [0.15, 0.2) is 65.1 Å². The molecule has 0 spiro atoms. The third-order valence-corrected chi connectivity index (χ3v) is 9.43. The third kappa shape index (κ3) is 6.76. The van der Waals surface area contributed by atoms with E-state index in [0.29, 0.717) is 30.1 Å². The Morgan fingerprint density at radius 3 is 2.21 bits per heavy atom. The second-order valence-electron chi connectivity index (χ2n) is 9.76. The predicted molar refractivity (Wildman–Crippen MR) is 147 cm³/mol. The molecule has 1 aliphatic rings. The van der Waals surface area contributed by atoms with Crippen molar-refractivity contribution in [3.8, 4) is 11.5 Å². The number of ether oxygens (including phenoxy) is 3. The molecule has 0 aromatic heterocycles. The van der Waals surface area contributed by atoms with Gasteiger partial charge in [-0.15, -0.1) is 0 Å². The number of carboxylic acids is 1. The number of hydrogen-bond donors (Lipinski definition) is 1. The minimum atomic E-state index is -4.33. The summed E-state index contributed by atoms with van der Waals surface area (Å²) < 4.78 is 42.6. The monoisotopic (exact) mass is 545 g/mol. The highest BCUT2D eigenvalue weighted by Crippen LogP contribution is 2.40. The van der Waals surface area contributed by atoms with Gasteiger partial charge in [-0.2, -0.15) is 0 Å². The number of carboxylic acid groups (broad SMARTS) is 1. The summed E-state index contributed by atoms with van der Waals surface area (Å²) in [6.07, 6.45) is 1.92. The predicted octanol–water partition coefficient (Wildman–Crippen LogP) is 4.24. The van der Waals surface area contributed by atoms with E-state index in [-0.39, 0.29) is 11.3 Å². The van der Waals surface area contributed by atoms with Gasteiger partial charge in [-0.1, -0.05) is 30.7 Å². The van der Waals surface area contributed by atoms with Gasteiger partial charge in [-0.25, -0.2) is 8.42 Å². The van der Waals surface area contributed by atoms with E-state index in [2.05, 4.69) is 4.90 Å². The Morgan fingerprint density at radius 2 is 1.68 bits per heavy atom. The van der Waals surface area contributed by atoms with Crippen molar-refractivity contribution >= 4 is 15.8 Å². The molecule has 0 bridgehead atoms. The number of morpholine rings is 1. The third-order valence-electron chi connectivity index (χ3n) is 6.95. The number of sulfone groups is 1. The summed E-state index contributed by atoms with van der Waals surface area (Å²) in [5.41, 5.74) is 1.46. The molecule has 0 saturated carbocycles. The number of benzene rings is 2. The number of allylic oxidation sites excluding steroid dienone is 2. The highest BCUT2D eigenvalue weighted by Gasteiger charge is 2.56. The van der Waals surface area contributed by atoms with E-state index in [1.54, 1.807) is 30.3 Å². The number of carbonyl (C=O) groups is 1. The fourth-order valence-corrected chi connectivity index (χ4v) is 6.98. The van der Waals surface area contributed by atoms with Crippen molar-refractivity contribution < 1.29 is 32.5 Å². The minimum absolute atomic E-state index is 0.0515. The lowest BCUT2D eigenvalue weighted by Gasteiger charge is -2.35. The molecule has 2 unspecified atom stereocenters. The standard InChI is InChI=1S/C29H39NO7S/c1-5-24(20-22(2)3)29(28(31)32,38(33,34)27-12-10-25(35-4)11-13-27)21-23-6-8-26(9-7-23)37-19-16-30-14-17-36-18-15-30/h6-13,20,24H,5,14-19,21H2,1-4H3,(H,31,32). The van der Waals surface area contributed by atoms with E-state index >= 15 is 0 Å². The summed E-state index contributed by atoms with van der Waals surface area (Å²) in [4.78, 5) is 15.3. The molecule has 3 rings (SSSR count). The second-order valence-corrected chi connectivity index (χ2v) is 12.0. The lowest BCUT2D eigenvalue weighted by Crippen LogP contribution is -2.53. The molecule has 0 radical (unpaired) electrons. The van der Waals surface area contributed by atoms with E-state index in [0.717, 1.165) is 38.4 Å². The number of aliphatic carboxylic acids is 1. The molecule has 0 aliphatic carbocycles. The summed E-state index contributed by atoms with van der Waals surface area (Å²) >= 11 is 0. The van der Waals surface area contributed by atoms with Gasteiger partial charge in [0.2, 0.25) is 0 Å². The Morgan fingerprint density at radius 1 is 1.08 bits per heavy atom. The fraction of sp³-hybridized carbons (Fsp3) is 0.483. The molecule has 208 valence electrons. The molecule has 1 aliphatic heterocycles. The van der Waals surface area contributed by atoms with Crippen LogP contribution in [0.3, 0.4) is 0 Å². The van der Waals surface area contributed by atoms with Crippen molar-refractivity contribution in [2.75, 3.05) is 46.6 Å². The summed E-state index contributed by atoms with van der Waals surface area (Å²) in [5, 5.41) is 10.6. The van der Waals surface area contributed by atoms with E-state index in [1.165, 1.54) is 31.4 Å². The van der Waals surface area contributed by atoms with Gasteiger partial charge in [0.1, 0.15) is 18.1 Å². The van der Waals surface area contributed by atoms with Crippen molar-refractivity contribution in [2.24, 2.45) is 5.92 Å². The topological polar surface area (TPSA) is 102 Å². The van der Waals surface area contributed by atoms with E-state index in [9.17, 15) is 18.3 Å². The van der Waals surface area contributed by atoms with Crippen LogP contribution in [0, 0.1) is 5.92 Å². The highest BCUT2D eigenvalue weighted by molar-refractivity contribution is 7.93. The Hall–Kier alpha value is -2.88. The molecule has 38 heavy (non-hydrogen) atoms. The quantitative estimate of drug-likeness (QED) is 0.373. The highest BCUT2D eigenvalue weighted by atomic mass is 32.2. The molecule has 8 nitrogen and oxygen atoms in total. The molecule has 2 aromatic carbocycles. The Labute approximate surface area is 226 Å². The molecule has 1 saturated heterocycles. The molecule has 0 amide bonds. The van der Waals surface area contributed by atoms with Gasteiger partial charge in [0.15, 0.2) is 14.6 Å². The van der Waals surface area contributed by atoms with Crippen LogP contribution in [0.25, 0.3) is 0 Å². The zero-order valence-corrected chi connectivity index (χ0v) is 23.5. The van der Waals surface area contributed by atoms with Gasteiger partial charge in [-0.3, -0.25) is 9.69 Å². The maximum absolute atomic E-state index is 14.2. The van der Waals surface area contributed by atoms with Crippen LogP contribution in [0.1, 0.15) is 32.8 Å². The first-order valence-corrected chi connectivity index (χ1v) is 14.4. The number of rotatable bonds is 13. The normalized spacial score (nSPS) is 16.7. The zero-order valence-electron chi connectivity index (χ0n) is 22.7. The maximum atomic E-state index is 14.2. The Bertz CT molecular complexity index is 1180. The number of nitrogens with zero attached hydrogens (tertiary/aromatic N) is 1. The van der Waals surface area contributed by atoms with Gasteiger partial charge >= 0.3 is 5.97 Å². The first-order chi connectivity index (χ1) is 18.1. The first kappa shape index (κ1) is 29.7. The van der Waals surface area contributed by atoms with Crippen LogP contribution in [0.2, 0.25) is 0 Å². The number of methoxy groups -OCH3 is 1. The zero-order chi connectivity index (χ0) is 27.8. The lowest BCUT2D eigenvalue weighted by atomic mass is 9.83. The van der Waals surface area contributed by atoms with Crippen molar-refractivity contribution in [1.29, 1.82) is 0 Å². The lowest BCUT2D eigenvalue weighted by molar-refractivity contribution is -0.141. The van der Waals surface area contributed by atoms with Crippen LogP contribution in [-0.4, -0.2) is 75.7 Å². The van der Waals surface area contributed by atoms with Crippen LogP contribution in [0.5, 0.6) is 11.5 Å². The molecular weight excluding hydrogens is 506 g/mol. The Balaban J connectivity index is 1.92. The summed E-state index contributed by atoms with van der Waals surface area (Å²) in [5.74, 6) is -0.979. The van der Waals surface area contributed by atoms with E-state index < -0.39 is 26.5 Å². The van der Waals surface area contributed by atoms with Crippen molar-refractivity contribution in [1.82, 2.24) is 4.90 Å². The summed E-state index contributed by atoms with van der Waals surface area (Å²) in [6, 6.07) is 12.9. The largest absolute Gasteiger partial charge is 0.497 e. The van der Waals surface area contributed by atoms with Gasteiger partial charge in [0.25, 0.3) is 0 Å². The minimum Gasteiger partial charge on any atom is -0.497 e. The second kappa shape index (κ2) is 13.3. The van der Waals surface area contributed by atoms with Crippen LogP contribution < -0.4 is 9.47 Å². The molecule has 1 fully saturated rings. The van der Waals surface area contributed by atoms with Gasteiger partial charge < -0.3 is 19.3 Å². The molecule has 9 heteroatoms. The first-order valence-electron chi connectivity index (χ1n) is 12.9. The SMILES string of the molecule is CCC(C=C(C)C)C(Cc1ccc(OCCN2CCOCC2)cc1)(C(=O)O)S(=O)(=O)c1ccc(OC)cc1. The number of hydrogen-bond acceptors (Lipinski definition) is 7. The van der Waals surface area contributed by atoms with E-state index in [4.69, 9.17) is 14.2 Å². The maximum Gasteiger partial charge on any atom is 0.326 e. The van der Waals surface area contributed by atoms with Crippen LogP contribution in [0.4, 0.5) is 0 Å². The van der Waals surface area contributed by atoms with Crippen LogP contribution >= 0.6 is 0 Å². The average Bonchev–Trinajstić information content (AvgIpc) is 2.91. The fourth-order valence-electron chi connectivity index (χ4n) is 4.85. The Kier molecular flexibility index (Phi) is 10.4. The smallest absolute Gasteiger partial charge is 0.326 e. The van der Waals surface area contributed by atoms with E-state index in [1.807, 2.05) is 20.8 Å². The molecule has 1 N–H and O–H groups in total. The summed E-state index contributed by atoms with van der Waals surface area (Å²) in [7, 11) is -2.84. The van der Waals surface area contributed by atoms with Crippen molar-refractivity contribution in [3.05, 3.63) is 65.7 Å². The van der Waals surface area contributed by atoms with Crippen molar-refractivity contribution in [3.63, 3.8) is 0 Å². The molecule has 2 aromatic rings.